The third kappa shape index (κ3) is 2.85. The van der Waals surface area contributed by atoms with Crippen molar-refractivity contribution in [3.63, 3.8) is 0 Å². The van der Waals surface area contributed by atoms with Gasteiger partial charge in [-0.2, -0.15) is 0 Å². The first-order chi connectivity index (χ1) is 8.00. The van der Waals surface area contributed by atoms with Gasteiger partial charge in [0.25, 0.3) is 0 Å². The molecule has 1 aromatic heterocycles. The largest absolute Gasteiger partial charge is 0.396 e. The van der Waals surface area contributed by atoms with Gasteiger partial charge in [0.05, 0.1) is 15.2 Å². The summed E-state index contributed by atoms with van der Waals surface area (Å²) in [6.45, 7) is 6.83. The van der Waals surface area contributed by atoms with Crippen molar-refractivity contribution in [2.24, 2.45) is 0 Å². The topological polar surface area (TPSA) is 33.1 Å². The monoisotopic (exact) mass is 249 g/mol. The van der Waals surface area contributed by atoms with E-state index in [2.05, 4.69) is 44.0 Å². The highest BCUT2D eigenvalue weighted by Crippen LogP contribution is 2.31. The SMILES string of the molecule is CC(C)(C)c1nc2ccc(CCCO)cc2s1. The number of fused-ring (bicyclic) bond motifs is 1. The number of aliphatic hydroxyl groups excluding tert-OH is 1. The normalized spacial score (nSPS) is 12.2. The molecule has 1 aromatic carbocycles. The van der Waals surface area contributed by atoms with Crippen LogP contribution in [0.3, 0.4) is 0 Å². The van der Waals surface area contributed by atoms with E-state index in [4.69, 9.17) is 5.11 Å². The van der Waals surface area contributed by atoms with Crippen LogP contribution >= 0.6 is 11.3 Å². The minimum absolute atomic E-state index is 0.120. The van der Waals surface area contributed by atoms with Crippen LogP contribution in [0.1, 0.15) is 37.8 Å². The van der Waals surface area contributed by atoms with E-state index in [0.717, 1.165) is 18.4 Å². The second kappa shape index (κ2) is 4.75. The van der Waals surface area contributed by atoms with Crippen molar-refractivity contribution < 1.29 is 5.11 Å². The summed E-state index contributed by atoms with van der Waals surface area (Å²) in [5.41, 5.74) is 2.50. The quantitative estimate of drug-likeness (QED) is 0.903. The van der Waals surface area contributed by atoms with Gasteiger partial charge in [0.2, 0.25) is 0 Å². The Balaban J connectivity index is 2.34. The van der Waals surface area contributed by atoms with E-state index >= 15 is 0 Å². The first-order valence-corrected chi connectivity index (χ1v) is 6.83. The molecular weight excluding hydrogens is 230 g/mol. The van der Waals surface area contributed by atoms with E-state index in [0.29, 0.717) is 0 Å². The Morgan fingerprint density at radius 3 is 2.71 bits per heavy atom. The van der Waals surface area contributed by atoms with Crippen LogP contribution in [-0.2, 0) is 11.8 Å². The Hall–Kier alpha value is -0.930. The van der Waals surface area contributed by atoms with Crippen molar-refractivity contribution in [1.82, 2.24) is 4.98 Å². The molecule has 17 heavy (non-hydrogen) atoms. The van der Waals surface area contributed by atoms with Crippen LogP contribution in [-0.4, -0.2) is 16.7 Å². The van der Waals surface area contributed by atoms with E-state index in [1.54, 1.807) is 11.3 Å². The second-order valence-electron chi connectivity index (χ2n) is 5.40. The van der Waals surface area contributed by atoms with Gasteiger partial charge in [-0.25, -0.2) is 4.98 Å². The zero-order chi connectivity index (χ0) is 12.5. The Morgan fingerprint density at radius 2 is 2.06 bits per heavy atom. The van der Waals surface area contributed by atoms with Crippen molar-refractivity contribution in [3.05, 3.63) is 28.8 Å². The van der Waals surface area contributed by atoms with Crippen molar-refractivity contribution in [1.29, 1.82) is 0 Å². The minimum Gasteiger partial charge on any atom is -0.396 e. The summed E-state index contributed by atoms with van der Waals surface area (Å²) in [4.78, 5) is 4.67. The molecule has 2 aromatic rings. The smallest absolute Gasteiger partial charge is 0.0992 e. The lowest BCUT2D eigenvalue weighted by Gasteiger charge is -2.13. The maximum Gasteiger partial charge on any atom is 0.0992 e. The van der Waals surface area contributed by atoms with Crippen LogP contribution in [0.15, 0.2) is 18.2 Å². The molecule has 0 aliphatic rings. The molecule has 0 aliphatic heterocycles. The molecule has 2 rings (SSSR count). The van der Waals surface area contributed by atoms with Gasteiger partial charge in [0.15, 0.2) is 0 Å². The molecule has 0 aliphatic carbocycles. The van der Waals surface area contributed by atoms with Gasteiger partial charge < -0.3 is 5.11 Å². The fourth-order valence-corrected chi connectivity index (χ4v) is 2.82. The molecule has 1 heterocycles. The average Bonchev–Trinajstić information content (AvgIpc) is 2.68. The number of nitrogens with zero attached hydrogens (tertiary/aromatic N) is 1. The predicted molar refractivity (Wildman–Crippen MR) is 73.7 cm³/mol. The summed E-state index contributed by atoms with van der Waals surface area (Å²) in [7, 11) is 0. The number of thiazole rings is 1. The van der Waals surface area contributed by atoms with Gasteiger partial charge in [-0.3, -0.25) is 0 Å². The van der Waals surface area contributed by atoms with Gasteiger partial charge in [-0.1, -0.05) is 26.8 Å². The van der Waals surface area contributed by atoms with Crippen LogP contribution in [0.2, 0.25) is 0 Å². The van der Waals surface area contributed by atoms with E-state index in [1.807, 2.05) is 0 Å². The zero-order valence-corrected chi connectivity index (χ0v) is 11.5. The minimum atomic E-state index is 0.120. The van der Waals surface area contributed by atoms with E-state index in [-0.39, 0.29) is 12.0 Å². The molecule has 0 amide bonds. The van der Waals surface area contributed by atoms with Crippen LogP contribution in [0, 0.1) is 0 Å². The third-order valence-corrected chi connectivity index (χ3v) is 4.16. The van der Waals surface area contributed by atoms with E-state index < -0.39 is 0 Å². The summed E-state index contributed by atoms with van der Waals surface area (Å²) in [6, 6.07) is 6.41. The number of hydrogen-bond donors (Lipinski definition) is 1. The first kappa shape index (κ1) is 12.5. The summed E-state index contributed by atoms with van der Waals surface area (Å²) in [6.07, 6.45) is 1.77. The second-order valence-corrected chi connectivity index (χ2v) is 6.43. The molecular formula is C14H19NOS. The first-order valence-electron chi connectivity index (χ1n) is 6.01. The lowest BCUT2D eigenvalue weighted by molar-refractivity contribution is 0.288. The number of aromatic nitrogens is 1. The highest BCUT2D eigenvalue weighted by atomic mass is 32.1. The lowest BCUT2D eigenvalue weighted by Crippen LogP contribution is -2.09. The average molecular weight is 249 g/mol. The summed E-state index contributed by atoms with van der Waals surface area (Å²) < 4.78 is 1.25. The molecule has 0 fully saturated rings. The molecule has 2 nitrogen and oxygen atoms in total. The van der Waals surface area contributed by atoms with Crippen molar-refractivity contribution >= 4 is 21.6 Å². The number of aryl methyl sites for hydroxylation is 1. The highest BCUT2D eigenvalue weighted by Gasteiger charge is 2.18. The van der Waals surface area contributed by atoms with Gasteiger partial charge in [-0.15, -0.1) is 11.3 Å². The number of rotatable bonds is 3. The zero-order valence-electron chi connectivity index (χ0n) is 10.7. The Labute approximate surface area is 106 Å². The number of hydrogen-bond acceptors (Lipinski definition) is 3. The molecule has 0 unspecified atom stereocenters. The Morgan fingerprint density at radius 1 is 1.29 bits per heavy atom. The highest BCUT2D eigenvalue weighted by molar-refractivity contribution is 7.18. The van der Waals surface area contributed by atoms with E-state index in [9.17, 15) is 0 Å². The van der Waals surface area contributed by atoms with Gasteiger partial charge >= 0.3 is 0 Å². The fourth-order valence-electron chi connectivity index (χ4n) is 1.73. The Bertz CT molecular complexity index is 510. The molecule has 0 saturated heterocycles. The predicted octanol–water partition coefficient (Wildman–Crippen LogP) is 3.52. The van der Waals surface area contributed by atoms with E-state index in [1.165, 1.54) is 15.3 Å². The van der Waals surface area contributed by atoms with Crippen LogP contribution in [0.5, 0.6) is 0 Å². The van der Waals surface area contributed by atoms with Gasteiger partial charge in [-0.05, 0) is 30.5 Å². The standard InChI is InChI=1S/C14H19NOS/c1-14(2,3)13-15-11-7-6-10(5-4-8-16)9-12(11)17-13/h6-7,9,16H,4-5,8H2,1-3H3. The van der Waals surface area contributed by atoms with Crippen LogP contribution in [0.4, 0.5) is 0 Å². The molecule has 0 spiro atoms. The number of aliphatic hydroxyl groups is 1. The molecule has 0 atom stereocenters. The molecule has 3 heteroatoms. The lowest BCUT2D eigenvalue weighted by atomic mass is 9.98. The maximum absolute atomic E-state index is 8.84. The number of benzene rings is 1. The van der Waals surface area contributed by atoms with Crippen molar-refractivity contribution in [3.8, 4) is 0 Å². The summed E-state index contributed by atoms with van der Waals surface area (Å²) >= 11 is 1.78. The Kier molecular flexibility index (Phi) is 3.50. The molecule has 0 bridgehead atoms. The molecule has 92 valence electrons. The van der Waals surface area contributed by atoms with Crippen molar-refractivity contribution in [2.75, 3.05) is 6.61 Å². The fraction of sp³-hybridized carbons (Fsp3) is 0.500. The summed E-state index contributed by atoms with van der Waals surface area (Å²) in [5, 5.41) is 10.0. The third-order valence-electron chi connectivity index (χ3n) is 2.72. The molecule has 1 N–H and O–H groups in total. The summed E-state index contributed by atoms with van der Waals surface area (Å²) in [5.74, 6) is 0. The van der Waals surface area contributed by atoms with Gasteiger partial charge in [0.1, 0.15) is 0 Å². The molecule has 0 saturated carbocycles. The molecule has 0 radical (unpaired) electrons. The van der Waals surface area contributed by atoms with Gasteiger partial charge in [0, 0.05) is 12.0 Å². The van der Waals surface area contributed by atoms with Crippen molar-refractivity contribution in [2.45, 2.75) is 39.0 Å². The van der Waals surface area contributed by atoms with Crippen LogP contribution in [0.25, 0.3) is 10.2 Å². The van der Waals surface area contributed by atoms with Crippen LogP contribution < -0.4 is 0 Å². The maximum atomic E-state index is 8.84.